The lowest BCUT2D eigenvalue weighted by molar-refractivity contribution is 0.477. The SMILES string of the molecule is c1cncc([Si]2(c3cccnc3)c3ccccc3-c3cc4c(cc32)N(c2ccc3cc5cc(N6c7ccccc7Oc7ccccc76)ccc5cc3c2)c2ccccc2O4)c1. The van der Waals surface area contributed by atoms with Crippen LogP contribution in [0.1, 0.15) is 0 Å². The minimum Gasteiger partial charge on any atom is -0.453 e. The second-order valence-corrected chi connectivity index (χ2v) is 19.6. The third-order valence-corrected chi connectivity index (χ3v) is 17.4. The van der Waals surface area contributed by atoms with Gasteiger partial charge < -0.3 is 19.3 Å². The van der Waals surface area contributed by atoms with Crippen LogP contribution in [0.5, 0.6) is 23.0 Å². The molecule has 8 aromatic carbocycles. The van der Waals surface area contributed by atoms with Gasteiger partial charge in [-0.3, -0.25) is 9.97 Å². The van der Waals surface area contributed by atoms with Crippen LogP contribution in [0.25, 0.3) is 32.7 Å². The zero-order chi connectivity index (χ0) is 40.1. The summed E-state index contributed by atoms with van der Waals surface area (Å²) < 4.78 is 13.1. The average Bonchev–Trinajstić information content (AvgIpc) is 3.61. The van der Waals surface area contributed by atoms with Crippen molar-refractivity contribution in [3.05, 3.63) is 207 Å². The van der Waals surface area contributed by atoms with Crippen molar-refractivity contribution in [2.75, 3.05) is 9.80 Å². The molecule has 0 bridgehead atoms. The molecule has 0 radical (unpaired) electrons. The smallest absolute Gasteiger partial charge is 0.184 e. The highest BCUT2D eigenvalue weighted by Crippen LogP contribution is 2.53. The van der Waals surface area contributed by atoms with E-state index in [9.17, 15) is 0 Å². The van der Waals surface area contributed by atoms with Crippen molar-refractivity contribution >= 4 is 84.5 Å². The molecule has 7 heteroatoms. The van der Waals surface area contributed by atoms with Crippen LogP contribution in [-0.2, 0) is 0 Å². The number of para-hydroxylation sites is 6. The van der Waals surface area contributed by atoms with Gasteiger partial charge in [0.1, 0.15) is 0 Å². The van der Waals surface area contributed by atoms with Crippen LogP contribution in [0, 0.1) is 0 Å². The zero-order valence-corrected chi connectivity index (χ0v) is 33.7. The molecule has 0 saturated carbocycles. The molecule has 10 aromatic rings. The number of hydrogen-bond donors (Lipinski definition) is 0. The Bertz CT molecular complexity index is 3330. The van der Waals surface area contributed by atoms with Gasteiger partial charge in [0.25, 0.3) is 0 Å². The van der Waals surface area contributed by atoms with E-state index in [2.05, 4.69) is 174 Å². The molecule has 3 aliphatic heterocycles. The fourth-order valence-corrected chi connectivity index (χ4v) is 15.0. The van der Waals surface area contributed by atoms with Crippen molar-refractivity contribution in [2.24, 2.45) is 0 Å². The fraction of sp³-hybridized carbons (Fsp3) is 0. The predicted octanol–water partition coefficient (Wildman–Crippen LogP) is 11.3. The number of anilines is 6. The number of benzene rings is 8. The topological polar surface area (TPSA) is 50.7 Å². The Morgan fingerprint density at radius 1 is 0.361 bits per heavy atom. The maximum atomic E-state index is 6.84. The lowest BCUT2D eigenvalue weighted by Gasteiger charge is -2.35. The van der Waals surface area contributed by atoms with Gasteiger partial charge >= 0.3 is 0 Å². The average molecular weight is 799 g/mol. The van der Waals surface area contributed by atoms with Crippen LogP contribution >= 0.6 is 0 Å². The lowest BCUT2D eigenvalue weighted by atomic mass is 10.0. The normalized spacial score (nSPS) is 13.9. The van der Waals surface area contributed by atoms with Gasteiger partial charge in [-0.1, -0.05) is 84.9 Å². The lowest BCUT2D eigenvalue weighted by Crippen LogP contribution is -2.73. The summed E-state index contributed by atoms with van der Waals surface area (Å²) in [5.41, 5.74) is 8.62. The predicted molar refractivity (Wildman–Crippen MR) is 249 cm³/mol. The van der Waals surface area contributed by atoms with Gasteiger partial charge in [-0.25, -0.2) is 0 Å². The second kappa shape index (κ2) is 13.0. The Kier molecular flexibility index (Phi) is 7.23. The Morgan fingerprint density at radius 2 is 0.869 bits per heavy atom. The van der Waals surface area contributed by atoms with Crippen LogP contribution in [0.2, 0.25) is 0 Å². The van der Waals surface area contributed by atoms with E-state index in [4.69, 9.17) is 19.4 Å². The van der Waals surface area contributed by atoms with Crippen LogP contribution in [-0.4, -0.2) is 18.0 Å². The summed E-state index contributed by atoms with van der Waals surface area (Å²) in [5.74, 6) is 3.33. The van der Waals surface area contributed by atoms with Crippen molar-refractivity contribution < 1.29 is 9.47 Å². The summed E-state index contributed by atoms with van der Waals surface area (Å²) in [7, 11) is -2.86. The second-order valence-electron chi connectivity index (χ2n) is 15.8. The van der Waals surface area contributed by atoms with Crippen LogP contribution in [0.3, 0.4) is 0 Å². The number of fused-ring (bicyclic) bond motifs is 9. The minimum atomic E-state index is -2.86. The third kappa shape index (κ3) is 4.95. The van der Waals surface area contributed by atoms with Crippen molar-refractivity contribution in [2.45, 2.75) is 0 Å². The van der Waals surface area contributed by atoms with Gasteiger partial charge in [-0.2, -0.15) is 0 Å². The first-order chi connectivity index (χ1) is 30.2. The van der Waals surface area contributed by atoms with E-state index in [1.54, 1.807) is 0 Å². The number of rotatable bonds is 4. The number of ether oxygens (including phenoxy) is 2. The minimum absolute atomic E-state index is 0.821. The van der Waals surface area contributed by atoms with Crippen molar-refractivity contribution in [1.82, 2.24) is 9.97 Å². The zero-order valence-electron chi connectivity index (χ0n) is 32.7. The van der Waals surface area contributed by atoms with Crippen LogP contribution < -0.4 is 40.0 Å². The van der Waals surface area contributed by atoms with E-state index >= 15 is 0 Å². The number of nitrogens with zero attached hydrogens (tertiary/aromatic N) is 4. The molecule has 13 rings (SSSR count). The van der Waals surface area contributed by atoms with Crippen molar-refractivity contribution in [3.63, 3.8) is 0 Å². The molecule has 0 atom stereocenters. The highest BCUT2D eigenvalue weighted by Gasteiger charge is 2.50. The molecule has 0 spiro atoms. The van der Waals surface area contributed by atoms with Crippen LogP contribution in [0.4, 0.5) is 34.1 Å². The van der Waals surface area contributed by atoms with Gasteiger partial charge in [0.2, 0.25) is 0 Å². The number of aromatic nitrogens is 2. The van der Waals surface area contributed by atoms with Gasteiger partial charge in [-0.15, -0.1) is 0 Å². The molecule has 2 aromatic heterocycles. The highest BCUT2D eigenvalue weighted by atomic mass is 28.3. The Labute approximate surface area is 353 Å². The van der Waals surface area contributed by atoms with E-state index in [1.807, 2.05) is 42.7 Å². The largest absolute Gasteiger partial charge is 0.453 e. The van der Waals surface area contributed by atoms with Gasteiger partial charge in [0.15, 0.2) is 31.1 Å². The van der Waals surface area contributed by atoms with Gasteiger partial charge in [0.05, 0.1) is 22.7 Å². The summed E-state index contributed by atoms with van der Waals surface area (Å²) in [6.07, 6.45) is 7.84. The van der Waals surface area contributed by atoms with E-state index in [1.165, 1.54) is 48.0 Å². The molecule has 0 N–H and O–H groups in total. The quantitative estimate of drug-likeness (QED) is 0.131. The Balaban J connectivity index is 0.978. The molecule has 0 amide bonds. The summed E-state index contributed by atoms with van der Waals surface area (Å²) in [4.78, 5) is 14.1. The molecule has 0 saturated heterocycles. The van der Waals surface area contributed by atoms with E-state index in [0.717, 1.165) is 62.5 Å². The van der Waals surface area contributed by atoms with Crippen molar-refractivity contribution in [3.8, 4) is 34.1 Å². The molecule has 3 aliphatic rings. The number of hydrogen-bond acceptors (Lipinski definition) is 6. The molecular formula is C54H34N4O2Si. The molecule has 0 unspecified atom stereocenters. The monoisotopic (exact) mass is 798 g/mol. The van der Waals surface area contributed by atoms with Gasteiger partial charge in [0, 0.05) is 36.2 Å². The fourth-order valence-electron chi connectivity index (χ4n) is 9.99. The third-order valence-electron chi connectivity index (χ3n) is 12.6. The molecule has 6 nitrogen and oxygen atoms in total. The standard InChI is InChI=1S/C54H34N4O2Si/c1-8-20-53-43(13-1)44-31-52-48(32-54(44)61(53,41-11-9-25-55-33-41)42-12-10-26-56-34-42)58(47-16-4-7-19-51(47)60-52)40-24-22-36-27-37-29-39(23-21-35(37)28-38(36)30-40)57-45-14-2-5-17-49(45)59-50-18-6-3-15-46(50)57/h1-34H. The van der Waals surface area contributed by atoms with Gasteiger partial charge in [-0.05, 0) is 150 Å². The summed E-state index contributed by atoms with van der Waals surface area (Å²) in [6.45, 7) is 0. The van der Waals surface area contributed by atoms with E-state index in [0.29, 0.717) is 0 Å². The summed E-state index contributed by atoms with van der Waals surface area (Å²) in [6, 6.07) is 65.1. The molecular weight excluding hydrogens is 765 g/mol. The molecule has 0 fully saturated rings. The molecule has 61 heavy (non-hydrogen) atoms. The highest BCUT2D eigenvalue weighted by molar-refractivity contribution is 7.22. The molecule has 0 aliphatic carbocycles. The Hall–Kier alpha value is -8.00. The van der Waals surface area contributed by atoms with E-state index in [-0.39, 0.29) is 0 Å². The molecule has 286 valence electrons. The maximum Gasteiger partial charge on any atom is 0.184 e. The Morgan fingerprint density at radius 3 is 1.43 bits per heavy atom. The first-order valence-corrected chi connectivity index (χ1v) is 22.5. The van der Waals surface area contributed by atoms with Crippen LogP contribution in [0.15, 0.2) is 207 Å². The van der Waals surface area contributed by atoms with Crippen molar-refractivity contribution in [1.29, 1.82) is 0 Å². The summed E-state index contributed by atoms with van der Waals surface area (Å²) >= 11 is 0. The first-order valence-electron chi connectivity index (χ1n) is 20.5. The summed E-state index contributed by atoms with van der Waals surface area (Å²) in [5, 5.41) is 9.75. The maximum absolute atomic E-state index is 6.84. The van der Waals surface area contributed by atoms with E-state index < -0.39 is 8.07 Å². The first kappa shape index (κ1) is 33.9. The molecule has 5 heterocycles. The number of pyridine rings is 2.